The Balaban J connectivity index is 2.36. The van der Waals surface area contributed by atoms with Crippen LogP contribution < -0.4 is 5.32 Å². The van der Waals surface area contributed by atoms with E-state index in [4.69, 9.17) is 11.6 Å². The highest BCUT2D eigenvalue weighted by Gasteiger charge is 2.09. The molecule has 5 heteroatoms. The zero-order valence-electron chi connectivity index (χ0n) is 9.86. The molecule has 0 radical (unpaired) electrons. The highest BCUT2D eigenvalue weighted by Crippen LogP contribution is 2.11. The van der Waals surface area contributed by atoms with E-state index in [2.05, 4.69) is 5.32 Å². The molecule has 2 N–H and O–H groups in total. The second-order valence-electron chi connectivity index (χ2n) is 3.84. The number of aliphatic hydroxyl groups excluding tert-OH is 1. The van der Waals surface area contributed by atoms with Crippen molar-refractivity contribution in [1.82, 2.24) is 5.32 Å². The summed E-state index contributed by atoms with van der Waals surface area (Å²) < 4.78 is 11.8. The molecule has 0 fully saturated rings. The van der Waals surface area contributed by atoms with Crippen LogP contribution in [0, 0.1) is 0 Å². The van der Waals surface area contributed by atoms with E-state index in [0.717, 1.165) is 12.1 Å². The van der Waals surface area contributed by atoms with Crippen LogP contribution >= 0.6 is 11.6 Å². The molecule has 0 bridgehead atoms. The molecule has 0 aliphatic heterocycles. The number of nitrogens with one attached hydrogen (secondary N) is 1. The van der Waals surface area contributed by atoms with Gasteiger partial charge in [-0.25, -0.2) is 0 Å². The molecule has 17 heavy (non-hydrogen) atoms. The minimum atomic E-state index is -1.04. The number of likely N-dealkylation sites (N-methyl/N-ethyl adjacent to an activating group) is 1. The summed E-state index contributed by atoms with van der Waals surface area (Å²) in [6, 6.07) is 7.28. The van der Waals surface area contributed by atoms with Gasteiger partial charge in [0.1, 0.15) is 0 Å². The van der Waals surface area contributed by atoms with Crippen LogP contribution in [0.1, 0.15) is 12.5 Å². The highest BCUT2D eigenvalue weighted by atomic mass is 35.5. The van der Waals surface area contributed by atoms with E-state index >= 15 is 0 Å². The predicted molar refractivity (Wildman–Crippen MR) is 72.7 cm³/mol. The summed E-state index contributed by atoms with van der Waals surface area (Å²) in [5, 5.41) is 13.3. The summed E-state index contributed by atoms with van der Waals surface area (Å²) in [5.74, 6) is 0.760. The van der Waals surface area contributed by atoms with E-state index < -0.39 is 16.9 Å². The quantitative estimate of drug-likeness (QED) is 0.794. The molecule has 1 aromatic carbocycles. The van der Waals surface area contributed by atoms with Gasteiger partial charge in [-0.3, -0.25) is 4.21 Å². The third-order valence-corrected chi connectivity index (χ3v) is 3.91. The number of halogens is 1. The summed E-state index contributed by atoms with van der Waals surface area (Å²) in [7, 11) is -1.04. The van der Waals surface area contributed by atoms with Crippen LogP contribution in [0.3, 0.4) is 0 Å². The lowest BCUT2D eigenvalue weighted by Gasteiger charge is -2.10. The first kappa shape index (κ1) is 14.6. The summed E-state index contributed by atoms with van der Waals surface area (Å²) >= 11 is 5.77. The third-order valence-electron chi connectivity index (χ3n) is 2.25. The van der Waals surface area contributed by atoms with Crippen molar-refractivity contribution in [2.45, 2.75) is 18.8 Å². The maximum Gasteiger partial charge on any atom is 0.0779 e. The van der Waals surface area contributed by atoms with E-state index in [1.54, 1.807) is 12.1 Å². The molecule has 1 aromatic rings. The maximum absolute atomic E-state index is 11.8. The normalized spacial score (nSPS) is 14.5. The third kappa shape index (κ3) is 6.17. The first-order valence-corrected chi connectivity index (χ1v) is 7.46. The highest BCUT2D eigenvalue weighted by molar-refractivity contribution is 7.84. The maximum atomic E-state index is 11.8. The van der Waals surface area contributed by atoms with Gasteiger partial charge in [-0.15, -0.1) is 0 Å². The molecule has 1 rings (SSSR count). The average molecular weight is 276 g/mol. The molecular weight excluding hydrogens is 258 g/mol. The van der Waals surface area contributed by atoms with E-state index in [9.17, 15) is 9.32 Å². The second-order valence-corrected chi connectivity index (χ2v) is 5.78. The Hall–Kier alpha value is -0.420. The van der Waals surface area contributed by atoms with Gasteiger partial charge in [-0.1, -0.05) is 30.7 Å². The van der Waals surface area contributed by atoms with Crippen LogP contribution in [0.2, 0.25) is 5.02 Å². The predicted octanol–water partition coefficient (Wildman–Crippen LogP) is 1.56. The molecule has 0 aliphatic rings. The molecule has 0 saturated heterocycles. The van der Waals surface area contributed by atoms with Crippen molar-refractivity contribution in [3.63, 3.8) is 0 Å². The van der Waals surface area contributed by atoms with Crippen molar-refractivity contribution in [3.8, 4) is 0 Å². The van der Waals surface area contributed by atoms with Crippen LogP contribution in [-0.4, -0.2) is 34.3 Å². The fraction of sp³-hybridized carbons (Fsp3) is 0.500. The standard InChI is InChI=1S/C12H18ClNO2S/c1-2-14-7-12(15)9-17(16)8-10-3-5-11(13)6-4-10/h3-6,12,14-15H,2,7-9H2,1H3. The smallest absolute Gasteiger partial charge is 0.0779 e. The van der Waals surface area contributed by atoms with E-state index in [-0.39, 0.29) is 0 Å². The SMILES string of the molecule is CCNCC(O)CS(=O)Cc1ccc(Cl)cc1. The molecule has 3 nitrogen and oxygen atoms in total. The molecule has 0 aromatic heterocycles. The first-order valence-electron chi connectivity index (χ1n) is 5.60. The van der Waals surface area contributed by atoms with Crippen LogP contribution in [-0.2, 0) is 16.6 Å². The number of rotatable bonds is 7. The summed E-state index contributed by atoms with van der Waals surface area (Å²) in [6.45, 7) is 3.27. The van der Waals surface area contributed by atoms with Crippen molar-refractivity contribution in [1.29, 1.82) is 0 Å². The molecule has 0 saturated carbocycles. The molecule has 96 valence electrons. The summed E-state index contributed by atoms with van der Waals surface area (Å²) in [6.07, 6.45) is -0.553. The van der Waals surface area contributed by atoms with E-state index in [0.29, 0.717) is 23.1 Å². The number of benzene rings is 1. The van der Waals surface area contributed by atoms with Crippen LogP contribution in [0.25, 0.3) is 0 Å². The minimum absolute atomic E-state index is 0.301. The molecule has 0 heterocycles. The zero-order chi connectivity index (χ0) is 12.7. The first-order chi connectivity index (χ1) is 8.11. The number of hydrogen-bond acceptors (Lipinski definition) is 3. The van der Waals surface area contributed by atoms with Gasteiger partial charge in [0.05, 0.1) is 11.9 Å². The molecule has 2 unspecified atom stereocenters. The topological polar surface area (TPSA) is 49.3 Å². The lowest BCUT2D eigenvalue weighted by molar-refractivity contribution is 0.195. The Bertz CT molecular complexity index is 356. The Labute approximate surface area is 110 Å². The number of hydrogen-bond donors (Lipinski definition) is 2. The summed E-state index contributed by atoms with van der Waals surface area (Å²) in [4.78, 5) is 0. The molecular formula is C12H18ClNO2S. The van der Waals surface area contributed by atoms with Gasteiger partial charge in [0.2, 0.25) is 0 Å². The van der Waals surface area contributed by atoms with Gasteiger partial charge in [0.25, 0.3) is 0 Å². The van der Waals surface area contributed by atoms with Gasteiger partial charge in [-0.05, 0) is 24.2 Å². The molecule has 0 aliphatic carbocycles. The Morgan fingerprint density at radius 1 is 1.41 bits per heavy atom. The second kappa shape index (κ2) is 7.82. The Morgan fingerprint density at radius 3 is 2.65 bits per heavy atom. The lowest BCUT2D eigenvalue weighted by atomic mass is 10.2. The molecule has 2 atom stereocenters. The monoisotopic (exact) mass is 275 g/mol. The Kier molecular flexibility index (Phi) is 6.73. The molecule has 0 amide bonds. The van der Waals surface area contributed by atoms with Crippen LogP contribution in [0.5, 0.6) is 0 Å². The zero-order valence-corrected chi connectivity index (χ0v) is 11.4. The van der Waals surface area contributed by atoms with Crippen molar-refractivity contribution in [2.24, 2.45) is 0 Å². The average Bonchev–Trinajstić information content (AvgIpc) is 2.29. The fourth-order valence-corrected chi connectivity index (χ4v) is 2.76. The lowest BCUT2D eigenvalue weighted by Crippen LogP contribution is -2.31. The van der Waals surface area contributed by atoms with Crippen LogP contribution in [0.4, 0.5) is 0 Å². The van der Waals surface area contributed by atoms with Gasteiger partial charge >= 0.3 is 0 Å². The minimum Gasteiger partial charge on any atom is -0.391 e. The van der Waals surface area contributed by atoms with Crippen molar-refractivity contribution in [2.75, 3.05) is 18.8 Å². The van der Waals surface area contributed by atoms with Crippen molar-refractivity contribution in [3.05, 3.63) is 34.9 Å². The van der Waals surface area contributed by atoms with Gasteiger partial charge in [0.15, 0.2) is 0 Å². The summed E-state index contributed by atoms with van der Waals surface area (Å²) in [5.41, 5.74) is 0.975. The van der Waals surface area contributed by atoms with Crippen molar-refractivity contribution >= 4 is 22.4 Å². The van der Waals surface area contributed by atoms with Gasteiger partial charge in [-0.2, -0.15) is 0 Å². The fourth-order valence-electron chi connectivity index (χ4n) is 1.41. The Morgan fingerprint density at radius 2 is 2.06 bits per heavy atom. The van der Waals surface area contributed by atoms with Crippen LogP contribution in [0.15, 0.2) is 24.3 Å². The van der Waals surface area contributed by atoms with E-state index in [1.807, 2.05) is 19.1 Å². The number of aliphatic hydroxyl groups is 1. The molecule has 0 spiro atoms. The van der Waals surface area contributed by atoms with Gasteiger partial charge in [0, 0.05) is 28.1 Å². The van der Waals surface area contributed by atoms with Gasteiger partial charge < -0.3 is 10.4 Å². The van der Waals surface area contributed by atoms with Crippen molar-refractivity contribution < 1.29 is 9.32 Å². The van der Waals surface area contributed by atoms with E-state index in [1.165, 1.54) is 0 Å². The largest absolute Gasteiger partial charge is 0.391 e.